The SMILES string of the molecule is CC\C=C/C=C\C=C/CCCCCCCCCC(=O)OC(COC(=O)CCCCCCC/C=C\CCCCC)COC(=O)CCCCCCCCCCCCCCCCCCCCC. The van der Waals surface area contributed by atoms with Crippen LogP contribution in [0.15, 0.2) is 48.6 Å². The molecule has 0 saturated heterocycles. The molecule has 0 radical (unpaired) electrons. The van der Waals surface area contributed by atoms with Gasteiger partial charge < -0.3 is 14.2 Å². The summed E-state index contributed by atoms with van der Waals surface area (Å²) in [5.41, 5.74) is 0. The van der Waals surface area contributed by atoms with Gasteiger partial charge in [-0.1, -0.05) is 249 Å². The molecule has 0 aromatic carbocycles. The van der Waals surface area contributed by atoms with Crippen LogP contribution in [-0.2, 0) is 28.6 Å². The van der Waals surface area contributed by atoms with Gasteiger partial charge in [0.25, 0.3) is 0 Å². The van der Waals surface area contributed by atoms with Gasteiger partial charge in [-0.2, -0.15) is 0 Å². The normalized spacial score (nSPS) is 12.4. The molecule has 0 aromatic heterocycles. The third kappa shape index (κ3) is 50.4. The van der Waals surface area contributed by atoms with Crippen molar-refractivity contribution in [1.82, 2.24) is 0 Å². The van der Waals surface area contributed by atoms with Gasteiger partial charge in [-0.3, -0.25) is 14.4 Å². The molecule has 0 rings (SSSR count). The fourth-order valence-corrected chi connectivity index (χ4v) is 7.97. The van der Waals surface area contributed by atoms with Crippen LogP contribution < -0.4 is 0 Å². The van der Waals surface area contributed by atoms with E-state index in [9.17, 15) is 14.4 Å². The third-order valence-electron chi connectivity index (χ3n) is 12.1. The Bertz CT molecular complexity index is 1120. The van der Waals surface area contributed by atoms with Gasteiger partial charge in [0.15, 0.2) is 6.10 Å². The summed E-state index contributed by atoms with van der Waals surface area (Å²) in [7, 11) is 0. The van der Waals surface area contributed by atoms with Crippen molar-refractivity contribution in [3.8, 4) is 0 Å². The topological polar surface area (TPSA) is 78.9 Å². The summed E-state index contributed by atoms with van der Waals surface area (Å²) in [5.74, 6) is -0.888. The van der Waals surface area contributed by atoms with Crippen molar-refractivity contribution in [2.24, 2.45) is 0 Å². The predicted octanol–water partition coefficient (Wildman–Crippen LogP) is 18.3. The first kappa shape index (κ1) is 61.4. The molecule has 0 fully saturated rings. The maximum atomic E-state index is 12.8. The largest absolute Gasteiger partial charge is 0.462 e. The molecule has 0 aliphatic rings. The predicted molar refractivity (Wildman–Crippen MR) is 275 cm³/mol. The quantitative estimate of drug-likeness (QED) is 0.0199. The summed E-state index contributed by atoms with van der Waals surface area (Å²) < 4.78 is 16.8. The molecular formula is C58H104O6. The second-order valence-electron chi connectivity index (χ2n) is 18.5. The van der Waals surface area contributed by atoms with Crippen molar-refractivity contribution in [1.29, 1.82) is 0 Å². The van der Waals surface area contributed by atoms with E-state index >= 15 is 0 Å². The molecule has 0 saturated carbocycles. The van der Waals surface area contributed by atoms with Gasteiger partial charge in [0.1, 0.15) is 13.2 Å². The Hall–Kier alpha value is -2.63. The Labute approximate surface area is 397 Å². The zero-order valence-electron chi connectivity index (χ0n) is 42.6. The number of hydrogen-bond acceptors (Lipinski definition) is 6. The summed E-state index contributed by atoms with van der Waals surface area (Å²) in [4.78, 5) is 38.0. The molecule has 372 valence electrons. The van der Waals surface area contributed by atoms with E-state index in [1.165, 1.54) is 167 Å². The van der Waals surface area contributed by atoms with Gasteiger partial charge in [-0.25, -0.2) is 0 Å². The molecule has 0 spiro atoms. The van der Waals surface area contributed by atoms with Crippen LogP contribution in [0.5, 0.6) is 0 Å². The first-order chi connectivity index (χ1) is 31.5. The molecule has 0 aliphatic heterocycles. The number of hydrogen-bond donors (Lipinski definition) is 0. The van der Waals surface area contributed by atoms with Crippen molar-refractivity contribution in [3.63, 3.8) is 0 Å². The monoisotopic (exact) mass is 897 g/mol. The summed E-state index contributed by atoms with van der Waals surface area (Å²) in [5, 5.41) is 0. The Morgan fingerprint density at radius 3 is 1.02 bits per heavy atom. The fraction of sp³-hybridized carbons (Fsp3) is 0.810. The number of carbonyl (C=O) groups is 3. The minimum absolute atomic E-state index is 0.0780. The summed E-state index contributed by atoms with van der Waals surface area (Å²) in [6.45, 7) is 6.50. The number of ether oxygens (including phenoxy) is 3. The standard InChI is InChI=1S/C58H104O6/c1-4-7-10-13-16-19-22-25-27-28-29-30-32-33-36-39-42-45-48-51-57(60)63-54-55(53-62-56(59)50-47-44-41-38-35-24-21-18-15-12-9-6-3)64-58(61)52-49-46-43-40-37-34-31-26-23-20-17-14-11-8-5-2/h8,11,14,17-18,20-21,23,55H,4-7,9-10,12-13,15-16,19,22,24-54H2,1-3H3/b11-8-,17-14-,21-18-,23-20-. The van der Waals surface area contributed by atoms with Crippen molar-refractivity contribution >= 4 is 17.9 Å². The molecule has 64 heavy (non-hydrogen) atoms. The number of esters is 3. The van der Waals surface area contributed by atoms with Crippen LogP contribution in [-0.4, -0.2) is 37.2 Å². The first-order valence-electron chi connectivity index (χ1n) is 27.7. The van der Waals surface area contributed by atoms with Gasteiger partial charge in [-0.15, -0.1) is 0 Å². The second-order valence-corrected chi connectivity index (χ2v) is 18.5. The fourth-order valence-electron chi connectivity index (χ4n) is 7.97. The van der Waals surface area contributed by atoms with Crippen LogP contribution in [0.4, 0.5) is 0 Å². The van der Waals surface area contributed by atoms with E-state index in [2.05, 4.69) is 69.4 Å². The second kappa shape index (κ2) is 53.0. The maximum Gasteiger partial charge on any atom is 0.306 e. The molecule has 1 unspecified atom stereocenters. The molecule has 0 heterocycles. The molecule has 6 nitrogen and oxygen atoms in total. The molecule has 1 atom stereocenters. The Kier molecular flexibility index (Phi) is 50.8. The van der Waals surface area contributed by atoms with E-state index in [1.807, 2.05) is 0 Å². The molecule has 0 bridgehead atoms. The van der Waals surface area contributed by atoms with Crippen LogP contribution in [0.25, 0.3) is 0 Å². The van der Waals surface area contributed by atoms with Gasteiger partial charge in [0.2, 0.25) is 0 Å². The zero-order valence-corrected chi connectivity index (χ0v) is 42.6. The van der Waals surface area contributed by atoms with Gasteiger partial charge in [0.05, 0.1) is 0 Å². The van der Waals surface area contributed by atoms with Crippen molar-refractivity contribution in [2.75, 3.05) is 13.2 Å². The van der Waals surface area contributed by atoms with Gasteiger partial charge in [-0.05, 0) is 64.2 Å². The highest BCUT2D eigenvalue weighted by atomic mass is 16.6. The molecule has 6 heteroatoms. The molecule has 0 amide bonds. The summed E-state index contributed by atoms with van der Waals surface area (Å²) >= 11 is 0. The highest BCUT2D eigenvalue weighted by molar-refractivity contribution is 5.71. The Morgan fingerprint density at radius 2 is 0.625 bits per heavy atom. The average Bonchev–Trinajstić information content (AvgIpc) is 3.29. The van der Waals surface area contributed by atoms with Crippen LogP contribution in [0.3, 0.4) is 0 Å². The Morgan fingerprint density at radius 1 is 0.328 bits per heavy atom. The van der Waals surface area contributed by atoms with Crippen molar-refractivity contribution in [3.05, 3.63) is 48.6 Å². The van der Waals surface area contributed by atoms with Crippen LogP contribution in [0.1, 0.15) is 284 Å². The van der Waals surface area contributed by atoms with Gasteiger partial charge in [0, 0.05) is 19.3 Å². The highest BCUT2D eigenvalue weighted by Crippen LogP contribution is 2.16. The number of unbranched alkanes of at least 4 members (excludes halogenated alkanes) is 33. The third-order valence-corrected chi connectivity index (χ3v) is 12.1. The minimum atomic E-state index is -0.780. The highest BCUT2D eigenvalue weighted by Gasteiger charge is 2.19. The molecule has 0 aromatic rings. The van der Waals surface area contributed by atoms with E-state index in [1.54, 1.807) is 0 Å². The van der Waals surface area contributed by atoms with Gasteiger partial charge >= 0.3 is 17.9 Å². The molecule has 0 N–H and O–H groups in total. The van der Waals surface area contributed by atoms with E-state index in [0.717, 1.165) is 77.0 Å². The van der Waals surface area contributed by atoms with E-state index in [4.69, 9.17) is 14.2 Å². The van der Waals surface area contributed by atoms with E-state index in [0.29, 0.717) is 19.3 Å². The lowest BCUT2D eigenvalue weighted by Crippen LogP contribution is -2.30. The number of carbonyl (C=O) groups excluding carboxylic acids is 3. The smallest absolute Gasteiger partial charge is 0.306 e. The van der Waals surface area contributed by atoms with Crippen molar-refractivity contribution in [2.45, 2.75) is 290 Å². The number of rotatable bonds is 50. The summed E-state index contributed by atoms with van der Waals surface area (Å²) in [6.07, 6.45) is 63.9. The lowest BCUT2D eigenvalue weighted by Gasteiger charge is -2.18. The first-order valence-corrected chi connectivity index (χ1v) is 27.7. The maximum absolute atomic E-state index is 12.8. The Balaban J connectivity index is 4.32. The molecular weight excluding hydrogens is 793 g/mol. The van der Waals surface area contributed by atoms with Crippen LogP contribution in [0, 0.1) is 0 Å². The minimum Gasteiger partial charge on any atom is -0.462 e. The van der Waals surface area contributed by atoms with Crippen LogP contribution >= 0.6 is 0 Å². The van der Waals surface area contributed by atoms with E-state index in [-0.39, 0.29) is 31.1 Å². The molecule has 0 aliphatic carbocycles. The zero-order chi connectivity index (χ0) is 46.5. The van der Waals surface area contributed by atoms with Crippen LogP contribution in [0.2, 0.25) is 0 Å². The lowest BCUT2D eigenvalue weighted by atomic mass is 10.0. The number of allylic oxidation sites excluding steroid dienone is 8. The average molecular weight is 897 g/mol. The van der Waals surface area contributed by atoms with E-state index < -0.39 is 6.10 Å². The van der Waals surface area contributed by atoms with Crippen molar-refractivity contribution < 1.29 is 28.6 Å². The summed E-state index contributed by atoms with van der Waals surface area (Å²) in [6, 6.07) is 0. The lowest BCUT2D eigenvalue weighted by molar-refractivity contribution is -0.167.